The number of anilines is 1. The van der Waals surface area contributed by atoms with Gasteiger partial charge in [-0.25, -0.2) is 4.79 Å². The summed E-state index contributed by atoms with van der Waals surface area (Å²) >= 11 is 0. The molecule has 0 spiro atoms. The van der Waals surface area contributed by atoms with Crippen molar-refractivity contribution < 1.29 is 14.3 Å². The van der Waals surface area contributed by atoms with Crippen LogP contribution in [-0.4, -0.2) is 18.8 Å². The fraction of sp³-hybridized carbons (Fsp3) is 0.353. The second-order valence-electron chi connectivity index (χ2n) is 5.95. The van der Waals surface area contributed by atoms with Crippen molar-refractivity contribution >= 4 is 22.6 Å². The molecule has 0 fully saturated rings. The van der Waals surface area contributed by atoms with E-state index in [1.807, 2.05) is 58.0 Å². The molecule has 0 heterocycles. The number of hydrogen-bond acceptors (Lipinski definition) is 3. The van der Waals surface area contributed by atoms with Crippen LogP contribution in [-0.2, 0) is 4.74 Å². The van der Waals surface area contributed by atoms with Crippen LogP contribution in [0.2, 0.25) is 0 Å². The fourth-order valence-electron chi connectivity index (χ4n) is 2.12. The Labute approximate surface area is 125 Å². The van der Waals surface area contributed by atoms with Crippen LogP contribution >= 0.6 is 0 Å². The molecule has 0 saturated carbocycles. The second kappa shape index (κ2) is 5.64. The molecule has 1 N–H and O–H groups in total. The smallest absolute Gasteiger partial charge is 0.412 e. The predicted octanol–water partition coefficient (Wildman–Crippen LogP) is 4.50. The molecule has 0 saturated heterocycles. The van der Waals surface area contributed by atoms with Gasteiger partial charge in [0.05, 0.1) is 7.11 Å². The van der Waals surface area contributed by atoms with Gasteiger partial charge in [0.2, 0.25) is 0 Å². The molecular weight excluding hydrogens is 266 g/mol. The standard InChI is InChI=1S/C17H21NO3/c1-11-14-10-13(20-5)8-6-12(14)7-9-15(11)18-16(19)21-17(2,3)4/h6-10H,1-5H3,(H,18,19). The summed E-state index contributed by atoms with van der Waals surface area (Å²) in [6, 6.07) is 9.73. The lowest BCUT2D eigenvalue weighted by Gasteiger charge is -2.20. The minimum Gasteiger partial charge on any atom is -0.497 e. The maximum Gasteiger partial charge on any atom is 0.412 e. The van der Waals surface area contributed by atoms with Gasteiger partial charge < -0.3 is 9.47 Å². The van der Waals surface area contributed by atoms with Crippen molar-refractivity contribution in [3.8, 4) is 5.75 Å². The summed E-state index contributed by atoms with van der Waals surface area (Å²) in [5.41, 5.74) is 1.21. The molecule has 0 radical (unpaired) electrons. The normalized spacial score (nSPS) is 11.3. The van der Waals surface area contributed by atoms with Gasteiger partial charge in [0.1, 0.15) is 11.4 Å². The van der Waals surface area contributed by atoms with Gasteiger partial charge in [-0.1, -0.05) is 12.1 Å². The first-order valence-electron chi connectivity index (χ1n) is 6.87. The number of carbonyl (C=O) groups is 1. The number of methoxy groups -OCH3 is 1. The van der Waals surface area contributed by atoms with E-state index in [0.717, 1.165) is 27.8 Å². The van der Waals surface area contributed by atoms with E-state index in [2.05, 4.69) is 5.32 Å². The lowest BCUT2D eigenvalue weighted by molar-refractivity contribution is 0.0636. The van der Waals surface area contributed by atoms with Gasteiger partial charge in [-0.15, -0.1) is 0 Å². The third kappa shape index (κ3) is 3.66. The van der Waals surface area contributed by atoms with E-state index in [-0.39, 0.29) is 0 Å². The first kappa shape index (κ1) is 15.2. The number of fused-ring (bicyclic) bond motifs is 1. The molecular formula is C17H21NO3. The number of benzene rings is 2. The Bertz CT molecular complexity index is 672. The van der Waals surface area contributed by atoms with Gasteiger partial charge in [-0.3, -0.25) is 5.32 Å². The quantitative estimate of drug-likeness (QED) is 0.884. The molecule has 2 rings (SSSR count). The highest BCUT2D eigenvalue weighted by atomic mass is 16.6. The molecule has 4 nitrogen and oxygen atoms in total. The van der Waals surface area contributed by atoms with Crippen LogP contribution in [0.15, 0.2) is 30.3 Å². The van der Waals surface area contributed by atoms with Crippen molar-refractivity contribution in [3.63, 3.8) is 0 Å². The summed E-state index contributed by atoms with van der Waals surface area (Å²) in [6.07, 6.45) is -0.451. The molecule has 0 aliphatic rings. The van der Waals surface area contributed by atoms with E-state index < -0.39 is 11.7 Å². The summed E-state index contributed by atoms with van der Waals surface area (Å²) in [5, 5.41) is 4.94. The summed E-state index contributed by atoms with van der Waals surface area (Å²) in [5.74, 6) is 0.792. The first-order chi connectivity index (χ1) is 9.80. The monoisotopic (exact) mass is 287 g/mol. The van der Waals surface area contributed by atoms with Gasteiger partial charge in [-0.2, -0.15) is 0 Å². The molecule has 2 aromatic carbocycles. The lowest BCUT2D eigenvalue weighted by atomic mass is 10.0. The molecule has 0 aliphatic heterocycles. The molecule has 0 bridgehead atoms. The van der Waals surface area contributed by atoms with E-state index in [9.17, 15) is 4.79 Å². The maximum atomic E-state index is 11.9. The largest absolute Gasteiger partial charge is 0.497 e. The molecule has 0 aliphatic carbocycles. The SMILES string of the molecule is COc1ccc2ccc(NC(=O)OC(C)(C)C)c(C)c2c1. The molecule has 1 amide bonds. The highest BCUT2D eigenvalue weighted by molar-refractivity contribution is 5.95. The molecule has 112 valence electrons. The third-order valence-corrected chi connectivity index (χ3v) is 3.13. The average Bonchev–Trinajstić information content (AvgIpc) is 2.39. The number of nitrogens with one attached hydrogen (secondary N) is 1. The van der Waals surface area contributed by atoms with Crippen molar-refractivity contribution in [1.29, 1.82) is 0 Å². The van der Waals surface area contributed by atoms with E-state index in [1.165, 1.54) is 0 Å². The number of aryl methyl sites for hydroxylation is 1. The molecule has 0 unspecified atom stereocenters. The van der Waals surface area contributed by atoms with Crippen LogP contribution in [0.3, 0.4) is 0 Å². The van der Waals surface area contributed by atoms with Crippen molar-refractivity contribution in [2.45, 2.75) is 33.3 Å². The van der Waals surface area contributed by atoms with Crippen LogP contribution in [0.25, 0.3) is 10.8 Å². The van der Waals surface area contributed by atoms with Crippen LogP contribution in [0.1, 0.15) is 26.3 Å². The number of ether oxygens (including phenoxy) is 2. The Morgan fingerprint density at radius 1 is 1.14 bits per heavy atom. The van der Waals surface area contributed by atoms with E-state index >= 15 is 0 Å². The molecule has 0 aromatic heterocycles. The summed E-state index contributed by atoms with van der Waals surface area (Å²) in [6.45, 7) is 7.48. The van der Waals surface area contributed by atoms with Crippen LogP contribution in [0, 0.1) is 6.92 Å². The Hall–Kier alpha value is -2.23. The van der Waals surface area contributed by atoms with E-state index in [0.29, 0.717) is 0 Å². The van der Waals surface area contributed by atoms with Crippen molar-refractivity contribution in [2.24, 2.45) is 0 Å². The van der Waals surface area contributed by atoms with Crippen LogP contribution in [0.4, 0.5) is 10.5 Å². The van der Waals surface area contributed by atoms with Gasteiger partial charge >= 0.3 is 6.09 Å². The Morgan fingerprint density at radius 2 is 1.81 bits per heavy atom. The first-order valence-corrected chi connectivity index (χ1v) is 6.87. The second-order valence-corrected chi connectivity index (χ2v) is 5.95. The van der Waals surface area contributed by atoms with Gasteiger partial charge in [-0.05, 0) is 62.2 Å². The van der Waals surface area contributed by atoms with Crippen molar-refractivity contribution in [2.75, 3.05) is 12.4 Å². The maximum absolute atomic E-state index is 11.9. The zero-order valence-corrected chi connectivity index (χ0v) is 13.1. The highest BCUT2D eigenvalue weighted by Gasteiger charge is 2.17. The Morgan fingerprint density at radius 3 is 2.43 bits per heavy atom. The van der Waals surface area contributed by atoms with E-state index in [1.54, 1.807) is 7.11 Å². The van der Waals surface area contributed by atoms with Crippen molar-refractivity contribution in [1.82, 2.24) is 0 Å². The molecule has 2 aromatic rings. The number of hydrogen-bond donors (Lipinski definition) is 1. The average molecular weight is 287 g/mol. The minimum atomic E-state index is -0.516. The number of carbonyl (C=O) groups excluding carboxylic acids is 1. The Balaban J connectivity index is 2.33. The lowest BCUT2D eigenvalue weighted by Crippen LogP contribution is -2.27. The van der Waals surface area contributed by atoms with Gasteiger partial charge in [0.25, 0.3) is 0 Å². The minimum absolute atomic E-state index is 0.451. The zero-order chi connectivity index (χ0) is 15.6. The van der Waals surface area contributed by atoms with Crippen molar-refractivity contribution in [3.05, 3.63) is 35.9 Å². The fourth-order valence-corrected chi connectivity index (χ4v) is 2.12. The molecule has 21 heavy (non-hydrogen) atoms. The molecule has 0 atom stereocenters. The zero-order valence-electron chi connectivity index (χ0n) is 13.1. The van der Waals surface area contributed by atoms with E-state index in [4.69, 9.17) is 9.47 Å². The number of rotatable bonds is 2. The summed E-state index contributed by atoms with van der Waals surface area (Å²) < 4.78 is 10.5. The highest BCUT2D eigenvalue weighted by Crippen LogP contribution is 2.29. The topological polar surface area (TPSA) is 47.6 Å². The Kier molecular flexibility index (Phi) is 4.07. The van der Waals surface area contributed by atoms with Crippen LogP contribution in [0.5, 0.6) is 5.75 Å². The van der Waals surface area contributed by atoms with Crippen LogP contribution < -0.4 is 10.1 Å². The molecule has 4 heteroatoms. The predicted molar refractivity (Wildman–Crippen MR) is 85.1 cm³/mol. The summed E-state index contributed by atoms with van der Waals surface area (Å²) in [4.78, 5) is 11.9. The number of amides is 1. The summed E-state index contributed by atoms with van der Waals surface area (Å²) in [7, 11) is 1.64. The van der Waals surface area contributed by atoms with Gasteiger partial charge in [0, 0.05) is 5.69 Å². The van der Waals surface area contributed by atoms with Gasteiger partial charge in [0.15, 0.2) is 0 Å². The third-order valence-electron chi connectivity index (χ3n) is 3.13.